The van der Waals surface area contributed by atoms with E-state index < -0.39 is 0 Å². The molecule has 2 aromatic heterocycles. The molecular formula is C20H15N5O2. The molecule has 0 saturated carbocycles. The van der Waals surface area contributed by atoms with Gasteiger partial charge in [0.25, 0.3) is 0 Å². The van der Waals surface area contributed by atoms with Crippen molar-refractivity contribution in [3.8, 4) is 0 Å². The minimum absolute atomic E-state index is 0.0401. The highest BCUT2D eigenvalue weighted by molar-refractivity contribution is 6.09. The number of H-pyrrole nitrogens is 1. The zero-order chi connectivity index (χ0) is 18.6. The minimum Gasteiger partial charge on any atom is -0.504 e. The quantitative estimate of drug-likeness (QED) is 0.323. The van der Waals surface area contributed by atoms with Crippen molar-refractivity contribution in [2.24, 2.45) is 0 Å². The molecule has 0 spiro atoms. The van der Waals surface area contributed by atoms with E-state index in [-0.39, 0.29) is 17.4 Å². The number of carbonyl (C=O) groups is 1. The normalized spacial score (nSPS) is 11.6. The fourth-order valence-electron chi connectivity index (χ4n) is 2.83. The molecule has 2 heterocycles. The number of pyridine rings is 1. The van der Waals surface area contributed by atoms with Crippen molar-refractivity contribution in [2.75, 3.05) is 0 Å². The summed E-state index contributed by atoms with van der Waals surface area (Å²) in [6.45, 7) is 0. The van der Waals surface area contributed by atoms with E-state index in [2.05, 4.69) is 25.6 Å². The number of ketones is 1. The Morgan fingerprint density at radius 1 is 1.07 bits per heavy atom. The lowest BCUT2D eigenvalue weighted by Crippen LogP contribution is -2.06. The summed E-state index contributed by atoms with van der Waals surface area (Å²) in [6.07, 6.45) is 1.59. The van der Waals surface area contributed by atoms with Crippen LogP contribution in [-0.4, -0.2) is 36.5 Å². The Morgan fingerprint density at radius 3 is 2.63 bits per heavy atom. The number of para-hydroxylation sites is 1. The Morgan fingerprint density at radius 2 is 1.85 bits per heavy atom. The molecule has 0 aliphatic carbocycles. The van der Waals surface area contributed by atoms with Crippen LogP contribution in [0.2, 0.25) is 0 Å². The third-order valence-corrected chi connectivity index (χ3v) is 4.13. The van der Waals surface area contributed by atoms with E-state index in [0.717, 1.165) is 22.5 Å². The first-order chi connectivity index (χ1) is 13.2. The van der Waals surface area contributed by atoms with Gasteiger partial charge in [0, 0.05) is 23.4 Å². The van der Waals surface area contributed by atoms with Crippen LogP contribution in [0.3, 0.4) is 0 Å². The predicted molar refractivity (Wildman–Crippen MR) is 100 cm³/mol. The molecule has 27 heavy (non-hydrogen) atoms. The Hall–Kier alpha value is -3.87. The number of aromatic amines is 1. The van der Waals surface area contributed by atoms with Gasteiger partial charge in [-0.1, -0.05) is 48.5 Å². The number of nitrogens with zero attached hydrogens (tertiary/aromatic N) is 4. The summed E-state index contributed by atoms with van der Waals surface area (Å²) in [6, 6.07) is 19.2. The summed E-state index contributed by atoms with van der Waals surface area (Å²) in [5.41, 5.74) is 2.92. The van der Waals surface area contributed by atoms with Crippen LogP contribution in [0.25, 0.3) is 16.7 Å². The van der Waals surface area contributed by atoms with Crippen LogP contribution in [0.15, 0.2) is 66.7 Å². The molecule has 7 heteroatoms. The SMILES string of the molecule is O=C(C=C(O)c1nn[nH]n1)c1cc2ccccc2nc1Cc1ccccc1. The second-order valence-electron chi connectivity index (χ2n) is 5.97. The topological polar surface area (TPSA) is 105 Å². The zero-order valence-corrected chi connectivity index (χ0v) is 14.2. The number of aliphatic hydroxyl groups excluding tert-OH is 1. The maximum Gasteiger partial charge on any atom is 0.239 e. The summed E-state index contributed by atoms with van der Waals surface area (Å²) >= 11 is 0. The molecule has 4 rings (SSSR count). The number of nitrogens with one attached hydrogen (secondary N) is 1. The van der Waals surface area contributed by atoms with Crippen LogP contribution in [-0.2, 0) is 6.42 Å². The number of aliphatic hydroxyl groups is 1. The Bertz CT molecular complexity index is 1120. The Balaban J connectivity index is 1.78. The van der Waals surface area contributed by atoms with Gasteiger partial charge in [-0.05, 0) is 22.9 Å². The van der Waals surface area contributed by atoms with Gasteiger partial charge in [0.15, 0.2) is 11.5 Å². The molecular weight excluding hydrogens is 342 g/mol. The van der Waals surface area contributed by atoms with Crippen molar-refractivity contribution in [1.82, 2.24) is 25.6 Å². The molecule has 0 aliphatic heterocycles. The lowest BCUT2D eigenvalue weighted by Gasteiger charge is -2.09. The minimum atomic E-state index is -0.374. The molecule has 0 saturated heterocycles. The van der Waals surface area contributed by atoms with Crippen molar-refractivity contribution in [2.45, 2.75) is 6.42 Å². The molecule has 132 valence electrons. The molecule has 4 aromatic rings. The van der Waals surface area contributed by atoms with Crippen molar-refractivity contribution in [3.63, 3.8) is 0 Å². The van der Waals surface area contributed by atoms with Crippen molar-refractivity contribution in [3.05, 3.63) is 89.4 Å². The molecule has 0 radical (unpaired) electrons. The largest absolute Gasteiger partial charge is 0.504 e. The van der Waals surface area contributed by atoms with Crippen LogP contribution in [0, 0.1) is 0 Å². The van der Waals surface area contributed by atoms with E-state index in [1.165, 1.54) is 0 Å². The maximum absolute atomic E-state index is 12.8. The fourth-order valence-corrected chi connectivity index (χ4v) is 2.83. The highest BCUT2D eigenvalue weighted by Gasteiger charge is 2.16. The average Bonchev–Trinajstić information content (AvgIpc) is 3.23. The second kappa shape index (κ2) is 7.17. The monoisotopic (exact) mass is 357 g/mol. The Labute approximate surface area is 154 Å². The van der Waals surface area contributed by atoms with Gasteiger partial charge >= 0.3 is 0 Å². The lowest BCUT2D eigenvalue weighted by atomic mass is 10.00. The van der Waals surface area contributed by atoms with Gasteiger partial charge in [-0.3, -0.25) is 9.78 Å². The van der Waals surface area contributed by atoms with Gasteiger partial charge in [0.2, 0.25) is 5.82 Å². The molecule has 0 aliphatic rings. The van der Waals surface area contributed by atoms with Crippen LogP contribution in [0.5, 0.6) is 0 Å². The summed E-state index contributed by atoms with van der Waals surface area (Å²) in [7, 11) is 0. The molecule has 0 bridgehead atoms. The van der Waals surface area contributed by atoms with Crippen molar-refractivity contribution >= 4 is 22.4 Å². The number of hydrogen-bond acceptors (Lipinski definition) is 6. The molecule has 0 fully saturated rings. The van der Waals surface area contributed by atoms with Crippen LogP contribution in [0.1, 0.15) is 27.4 Å². The standard InChI is InChI=1S/C20H15N5O2/c26-18(12-19(27)20-22-24-25-23-20)15-11-14-8-4-5-9-16(14)21-17(15)10-13-6-2-1-3-7-13/h1-9,11-12,27H,10H2,(H,22,23,24,25). The van der Waals surface area contributed by atoms with E-state index >= 15 is 0 Å². The van der Waals surface area contributed by atoms with Crippen LogP contribution >= 0.6 is 0 Å². The highest BCUT2D eigenvalue weighted by Crippen LogP contribution is 2.21. The number of rotatable bonds is 5. The average molecular weight is 357 g/mol. The maximum atomic E-state index is 12.8. The highest BCUT2D eigenvalue weighted by atomic mass is 16.3. The number of benzene rings is 2. The van der Waals surface area contributed by atoms with E-state index in [4.69, 9.17) is 0 Å². The number of fused-ring (bicyclic) bond motifs is 1. The zero-order valence-electron chi connectivity index (χ0n) is 14.2. The number of aromatic nitrogens is 5. The first-order valence-electron chi connectivity index (χ1n) is 8.32. The van der Waals surface area contributed by atoms with E-state index in [1.54, 1.807) is 6.07 Å². The molecule has 2 aromatic carbocycles. The van der Waals surface area contributed by atoms with Gasteiger partial charge in [-0.2, -0.15) is 5.21 Å². The van der Waals surface area contributed by atoms with Gasteiger partial charge < -0.3 is 5.11 Å². The number of hydrogen-bond donors (Lipinski definition) is 2. The van der Waals surface area contributed by atoms with Crippen molar-refractivity contribution < 1.29 is 9.90 Å². The molecule has 0 unspecified atom stereocenters. The lowest BCUT2D eigenvalue weighted by molar-refractivity contribution is 0.104. The van der Waals surface area contributed by atoms with Crippen LogP contribution in [0.4, 0.5) is 0 Å². The van der Waals surface area contributed by atoms with Gasteiger partial charge in [-0.25, -0.2) is 0 Å². The number of allylic oxidation sites excluding steroid dienone is 1. The molecule has 2 N–H and O–H groups in total. The second-order valence-corrected chi connectivity index (χ2v) is 5.97. The van der Waals surface area contributed by atoms with E-state index in [0.29, 0.717) is 17.7 Å². The van der Waals surface area contributed by atoms with Gasteiger partial charge in [0.05, 0.1) is 11.2 Å². The van der Waals surface area contributed by atoms with Crippen LogP contribution < -0.4 is 0 Å². The summed E-state index contributed by atoms with van der Waals surface area (Å²) in [5, 5.41) is 23.9. The fraction of sp³-hybridized carbons (Fsp3) is 0.0500. The first-order valence-corrected chi connectivity index (χ1v) is 8.32. The molecule has 0 atom stereocenters. The third kappa shape index (κ3) is 3.57. The van der Waals surface area contributed by atoms with Gasteiger partial charge in [0.1, 0.15) is 0 Å². The third-order valence-electron chi connectivity index (χ3n) is 4.13. The van der Waals surface area contributed by atoms with Gasteiger partial charge in [-0.15, -0.1) is 10.2 Å². The molecule has 7 nitrogen and oxygen atoms in total. The summed E-state index contributed by atoms with van der Waals surface area (Å²) < 4.78 is 0. The summed E-state index contributed by atoms with van der Waals surface area (Å²) in [4.78, 5) is 17.5. The molecule has 0 amide bonds. The Kier molecular flexibility index (Phi) is 4.40. The number of carbonyl (C=O) groups excluding carboxylic acids is 1. The van der Waals surface area contributed by atoms with E-state index in [1.807, 2.05) is 54.6 Å². The van der Waals surface area contributed by atoms with Crippen molar-refractivity contribution in [1.29, 1.82) is 0 Å². The predicted octanol–water partition coefficient (Wildman–Crippen LogP) is 3.12. The number of tetrazole rings is 1. The first kappa shape index (κ1) is 16.6. The smallest absolute Gasteiger partial charge is 0.239 e. The summed E-state index contributed by atoms with van der Waals surface area (Å²) in [5.74, 6) is -0.768. The van der Waals surface area contributed by atoms with E-state index in [9.17, 15) is 9.90 Å².